The minimum absolute atomic E-state index is 0.140. The van der Waals surface area contributed by atoms with Crippen LogP contribution in [0.15, 0.2) is 54.6 Å². The monoisotopic (exact) mass is 369 g/mol. The minimum Gasteiger partial charge on any atom is -0.479 e. The molecular formula is C21H23NO5. The maximum atomic E-state index is 11.6. The first-order chi connectivity index (χ1) is 13.0. The zero-order chi connectivity index (χ0) is 19.8. The quantitative estimate of drug-likeness (QED) is 0.280. The smallest absolute Gasteiger partial charge is 0.331 e. The van der Waals surface area contributed by atoms with Crippen LogP contribution in [0.1, 0.15) is 44.4 Å². The molecule has 0 saturated heterocycles. The van der Waals surface area contributed by atoms with E-state index in [0.717, 1.165) is 5.56 Å². The summed E-state index contributed by atoms with van der Waals surface area (Å²) >= 11 is 0. The van der Waals surface area contributed by atoms with Crippen LogP contribution in [0.4, 0.5) is 5.69 Å². The van der Waals surface area contributed by atoms with Gasteiger partial charge in [0.05, 0.1) is 11.5 Å². The van der Waals surface area contributed by atoms with Crippen LogP contribution in [0.5, 0.6) is 5.75 Å². The average Bonchev–Trinajstić information content (AvgIpc) is 2.66. The Labute approximate surface area is 158 Å². The molecule has 2 aromatic carbocycles. The van der Waals surface area contributed by atoms with Gasteiger partial charge in [-0.15, -0.1) is 0 Å². The molecule has 0 aliphatic carbocycles. The lowest BCUT2D eigenvalue weighted by atomic mass is 10.1. The lowest BCUT2D eigenvalue weighted by molar-refractivity contribution is -0.386. The highest BCUT2D eigenvalue weighted by Crippen LogP contribution is 2.34. The molecule has 0 spiro atoms. The molecule has 1 atom stereocenters. The van der Waals surface area contributed by atoms with E-state index in [2.05, 4.69) is 0 Å². The predicted molar refractivity (Wildman–Crippen MR) is 103 cm³/mol. The number of nitro groups is 1. The summed E-state index contributed by atoms with van der Waals surface area (Å²) in [6.07, 6.45) is 1.71. The Hall–Kier alpha value is -3.15. The molecule has 0 N–H and O–H groups in total. The number of carbonyl (C=O) groups excluding carboxylic acids is 1. The van der Waals surface area contributed by atoms with Gasteiger partial charge in [0, 0.05) is 12.1 Å². The second kappa shape index (κ2) is 9.52. The number of nitro benzene ring substituents is 1. The zero-order valence-electron chi connectivity index (χ0n) is 15.7. The van der Waals surface area contributed by atoms with Gasteiger partial charge < -0.3 is 9.47 Å². The number of allylic oxidation sites excluding steroid dienone is 1. The van der Waals surface area contributed by atoms with Crippen molar-refractivity contribution in [2.45, 2.75) is 33.3 Å². The summed E-state index contributed by atoms with van der Waals surface area (Å²) in [5.41, 5.74) is 1.96. The zero-order valence-corrected chi connectivity index (χ0v) is 15.7. The van der Waals surface area contributed by atoms with Gasteiger partial charge in [-0.1, -0.05) is 43.3 Å². The Morgan fingerprint density at radius 3 is 2.48 bits per heavy atom. The molecule has 0 bridgehead atoms. The summed E-state index contributed by atoms with van der Waals surface area (Å²) in [6.45, 7) is 5.65. The van der Waals surface area contributed by atoms with Crippen molar-refractivity contribution in [1.82, 2.24) is 0 Å². The molecule has 0 radical (unpaired) electrons. The number of esters is 1. The van der Waals surface area contributed by atoms with Gasteiger partial charge in [0.1, 0.15) is 6.10 Å². The van der Waals surface area contributed by atoms with Gasteiger partial charge in [-0.25, -0.2) is 4.79 Å². The molecule has 0 saturated carbocycles. The first-order valence-corrected chi connectivity index (χ1v) is 8.81. The number of carbonyl (C=O) groups is 1. The van der Waals surface area contributed by atoms with Crippen molar-refractivity contribution >= 4 is 17.2 Å². The molecule has 27 heavy (non-hydrogen) atoms. The van der Waals surface area contributed by atoms with E-state index >= 15 is 0 Å². The Balaban J connectivity index is 2.33. The van der Waals surface area contributed by atoms with E-state index in [1.165, 1.54) is 12.1 Å². The van der Waals surface area contributed by atoms with E-state index in [1.54, 1.807) is 26.0 Å². The third kappa shape index (κ3) is 5.41. The maximum Gasteiger partial charge on any atom is 0.331 e. The van der Waals surface area contributed by atoms with E-state index in [0.29, 0.717) is 17.6 Å². The SMILES string of the molecule is CCOC(=O)/C=C(/C)c1ccc(OC(CC)c2ccccc2)c([N+](=O)[O-])c1. The number of rotatable bonds is 8. The number of hydrogen-bond acceptors (Lipinski definition) is 5. The molecule has 0 aromatic heterocycles. The molecule has 142 valence electrons. The van der Waals surface area contributed by atoms with E-state index in [9.17, 15) is 14.9 Å². The van der Waals surface area contributed by atoms with Crippen LogP contribution >= 0.6 is 0 Å². The van der Waals surface area contributed by atoms with Gasteiger partial charge >= 0.3 is 11.7 Å². The van der Waals surface area contributed by atoms with Gasteiger partial charge in [-0.3, -0.25) is 10.1 Å². The Kier molecular flexibility index (Phi) is 7.11. The number of hydrogen-bond donors (Lipinski definition) is 0. The number of ether oxygens (including phenoxy) is 2. The van der Waals surface area contributed by atoms with Gasteiger partial charge in [0.15, 0.2) is 5.75 Å². The average molecular weight is 369 g/mol. The van der Waals surface area contributed by atoms with Gasteiger partial charge in [0.25, 0.3) is 0 Å². The molecular weight excluding hydrogens is 346 g/mol. The van der Waals surface area contributed by atoms with Crippen LogP contribution in [0.3, 0.4) is 0 Å². The molecule has 0 amide bonds. The summed E-state index contributed by atoms with van der Waals surface area (Å²) < 4.78 is 10.8. The summed E-state index contributed by atoms with van der Waals surface area (Å²) in [5, 5.41) is 11.5. The molecule has 2 rings (SSSR count). The van der Waals surface area contributed by atoms with Crippen LogP contribution in [0.25, 0.3) is 5.57 Å². The van der Waals surface area contributed by atoms with Crippen LogP contribution in [-0.2, 0) is 9.53 Å². The summed E-state index contributed by atoms with van der Waals surface area (Å²) in [7, 11) is 0. The lowest BCUT2D eigenvalue weighted by Crippen LogP contribution is -2.08. The first-order valence-electron chi connectivity index (χ1n) is 8.81. The molecule has 1 unspecified atom stereocenters. The number of benzene rings is 2. The van der Waals surface area contributed by atoms with Crippen molar-refractivity contribution in [2.24, 2.45) is 0 Å². The predicted octanol–water partition coefficient (Wildman–Crippen LogP) is 5.09. The summed E-state index contributed by atoms with van der Waals surface area (Å²) in [4.78, 5) is 22.7. The fourth-order valence-corrected chi connectivity index (χ4v) is 2.66. The first kappa shape index (κ1) is 20.2. The highest BCUT2D eigenvalue weighted by molar-refractivity contribution is 5.91. The number of nitrogens with zero attached hydrogens (tertiary/aromatic N) is 1. The van der Waals surface area contributed by atoms with Crippen LogP contribution in [0.2, 0.25) is 0 Å². The van der Waals surface area contributed by atoms with Crippen molar-refractivity contribution in [3.8, 4) is 5.75 Å². The molecule has 0 heterocycles. The highest BCUT2D eigenvalue weighted by Gasteiger charge is 2.20. The van der Waals surface area contributed by atoms with Crippen LogP contribution < -0.4 is 4.74 Å². The highest BCUT2D eigenvalue weighted by atomic mass is 16.6. The molecule has 0 fully saturated rings. The standard InChI is InChI=1S/C21H23NO5/c1-4-19(16-9-7-6-8-10-16)27-20-12-11-17(14-18(20)22(24)25)15(3)13-21(23)26-5-2/h6-14,19H,4-5H2,1-3H3/b15-13-. The molecule has 0 aliphatic heterocycles. The second-order valence-electron chi connectivity index (χ2n) is 5.94. The van der Waals surface area contributed by atoms with Crippen LogP contribution in [0, 0.1) is 10.1 Å². The van der Waals surface area contributed by atoms with E-state index in [4.69, 9.17) is 9.47 Å². The largest absolute Gasteiger partial charge is 0.479 e. The second-order valence-corrected chi connectivity index (χ2v) is 5.94. The molecule has 6 heteroatoms. The van der Waals surface area contributed by atoms with Crippen molar-refractivity contribution in [3.63, 3.8) is 0 Å². The third-order valence-electron chi connectivity index (χ3n) is 4.04. The fourth-order valence-electron chi connectivity index (χ4n) is 2.66. The Bertz CT molecular complexity index is 830. The van der Waals surface area contributed by atoms with E-state index in [-0.39, 0.29) is 24.1 Å². The van der Waals surface area contributed by atoms with Crippen molar-refractivity contribution in [1.29, 1.82) is 0 Å². The van der Waals surface area contributed by atoms with Gasteiger partial charge in [-0.05, 0) is 43.0 Å². The van der Waals surface area contributed by atoms with Crippen molar-refractivity contribution in [2.75, 3.05) is 6.61 Å². The van der Waals surface area contributed by atoms with Crippen LogP contribution in [-0.4, -0.2) is 17.5 Å². The third-order valence-corrected chi connectivity index (χ3v) is 4.04. The Morgan fingerprint density at radius 2 is 1.89 bits per heavy atom. The topological polar surface area (TPSA) is 78.7 Å². The summed E-state index contributed by atoms with van der Waals surface area (Å²) in [5.74, 6) is -0.281. The van der Waals surface area contributed by atoms with E-state index < -0.39 is 10.9 Å². The molecule has 0 aliphatic rings. The Morgan fingerprint density at radius 1 is 1.19 bits per heavy atom. The van der Waals surface area contributed by atoms with Gasteiger partial charge in [0.2, 0.25) is 0 Å². The van der Waals surface area contributed by atoms with Gasteiger partial charge in [-0.2, -0.15) is 0 Å². The van der Waals surface area contributed by atoms with E-state index in [1.807, 2.05) is 37.3 Å². The lowest BCUT2D eigenvalue weighted by Gasteiger charge is -2.18. The minimum atomic E-state index is -0.479. The van der Waals surface area contributed by atoms with Crippen molar-refractivity contribution < 1.29 is 19.2 Å². The molecule has 6 nitrogen and oxygen atoms in total. The maximum absolute atomic E-state index is 11.6. The molecule has 2 aromatic rings. The summed E-state index contributed by atoms with van der Waals surface area (Å²) in [6, 6.07) is 14.3. The fraction of sp³-hybridized carbons (Fsp3) is 0.286. The normalized spacial score (nSPS) is 12.3. The van der Waals surface area contributed by atoms with Crippen molar-refractivity contribution in [3.05, 3.63) is 75.8 Å².